The summed E-state index contributed by atoms with van der Waals surface area (Å²) in [5.41, 5.74) is 2.61. The fourth-order valence-corrected chi connectivity index (χ4v) is 3.87. The lowest BCUT2D eigenvalue weighted by molar-refractivity contribution is 0.0429. The van der Waals surface area contributed by atoms with Gasteiger partial charge in [-0.1, -0.05) is 33.8 Å². The van der Waals surface area contributed by atoms with Crippen LogP contribution in [0.25, 0.3) is 0 Å². The lowest BCUT2D eigenvalue weighted by Gasteiger charge is -2.35. The minimum Gasteiger partial charge on any atom is -0.491 e. The van der Waals surface area contributed by atoms with Gasteiger partial charge < -0.3 is 14.7 Å². The van der Waals surface area contributed by atoms with Gasteiger partial charge >= 0.3 is 0 Å². The van der Waals surface area contributed by atoms with Crippen LogP contribution in [0.15, 0.2) is 18.2 Å². The van der Waals surface area contributed by atoms with E-state index in [4.69, 9.17) is 4.74 Å². The molecule has 0 radical (unpaired) electrons. The van der Waals surface area contributed by atoms with Crippen molar-refractivity contribution >= 4 is 0 Å². The standard InChI is InChI=1S/C20H33NO2/c1-14(2)20-7-6-19(9-17(20)5)23-13-18(22)12-21-10-15(3)8-16(4)11-21/h6-7,9,14-16,18,22H,8,10-13H2,1-5H3/t15-,16+,18-/m1/s1. The van der Waals surface area contributed by atoms with E-state index in [0.29, 0.717) is 19.1 Å². The molecule has 0 aliphatic carbocycles. The number of ether oxygens (including phenoxy) is 1. The topological polar surface area (TPSA) is 32.7 Å². The van der Waals surface area contributed by atoms with E-state index in [-0.39, 0.29) is 0 Å². The summed E-state index contributed by atoms with van der Waals surface area (Å²) in [6.07, 6.45) is 0.863. The predicted molar refractivity (Wildman–Crippen MR) is 96.2 cm³/mol. The van der Waals surface area contributed by atoms with Crippen LogP contribution in [0.4, 0.5) is 0 Å². The summed E-state index contributed by atoms with van der Waals surface area (Å²) in [6.45, 7) is 14.4. The molecule has 1 aliphatic heterocycles. The predicted octanol–water partition coefficient (Wildman–Crippen LogP) is 3.84. The Morgan fingerprint density at radius 3 is 2.43 bits per heavy atom. The molecule has 1 N–H and O–H groups in total. The summed E-state index contributed by atoms with van der Waals surface area (Å²) >= 11 is 0. The Morgan fingerprint density at radius 2 is 1.87 bits per heavy atom. The first-order valence-electron chi connectivity index (χ1n) is 8.99. The van der Waals surface area contributed by atoms with Crippen molar-refractivity contribution < 1.29 is 9.84 Å². The summed E-state index contributed by atoms with van der Waals surface area (Å²) < 4.78 is 5.80. The lowest BCUT2D eigenvalue weighted by atomic mass is 9.92. The fraction of sp³-hybridized carbons (Fsp3) is 0.700. The van der Waals surface area contributed by atoms with E-state index >= 15 is 0 Å². The number of β-amino-alcohol motifs (C(OH)–C–C–N with tert-alkyl or cyclic N) is 1. The molecule has 0 spiro atoms. The van der Waals surface area contributed by atoms with Crippen LogP contribution in [0.3, 0.4) is 0 Å². The van der Waals surface area contributed by atoms with Gasteiger partial charge in [0.05, 0.1) is 0 Å². The number of rotatable bonds is 6. The van der Waals surface area contributed by atoms with E-state index < -0.39 is 6.10 Å². The summed E-state index contributed by atoms with van der Waals surface area (Å²) in [6, 6.07) is 6.23. The minimum absolute atomic E-state index is 0.361. The van der Waals surface area contributed by atoms with Gasteiger partial charge in [0.1, 0.15) is 18.5 Å². The molecule has 0 saturated carbocycles. The quantitative estimate of drug-likeness (QED) is 0.865. The van der Waals surface area contributed by atoms with E-state index in [9.17, 15) is 5.11 Å². The molecule has 23 heavy (non-hydrogen) atoms. The summed E-state index contributed by atoms with van der Waals surface area (Å²) in [5.74, 6) is 2.82. The molecule has 1 saturated heterocycles. The Bertz CT molecular complexity index is 490. The van der Waals surface area contributed by atoms with E-state index in [1.54, 1.807) is 0 Å². The smallest absolute Gasteiger partial charge is 0.119 e. The van der Waals surface area contributed by atoms with Crippen molar-refractivity contribution in [2.75, 3.05) is 26.2 Å². The van der Waals surface area contributed by atoms with Crippen molar-refractivity contribution in [1.82, 2.24) is 4.90 Å². The highest BCUT2D eigenvalue weighted by atomic mass is 16.5. The highest BCUT2D eigenvalue weighted by molar-refractivity contribution is 5.36. The first kappa shape index (κ1) is 18.3. The van der Waals surface area contributed by atoms with Crippen LogP contribution in [-0.4, -0.2) is 42.4 Å². The van der Waals surface area contributed by atoms with Crippen LogP contribution in [0.5, 0.6) is 5.75 Å². The molecule has 1 fully saturated rings. The van der Waals surface area contributed by atoms with Crippen LogP contribution in [0.2, 0.25) is 0 Å². The van der Waals surface area contributed by atoms with Gasteiger partial charge in [-0.05, 0) is 54.4 Å². The molecule has 3 nitrogen and oxygen atoms in total. The normalized spacial score (nSPS) is 24.0. The molecule has 130 valence electrons. The Morgan fingerprint density at radius 1 is 1.22 bits per heavy atom. The van der Waals surface area contributed by atoms with Gasteiger partial charge in [0, 0.05) is 19.6 Å². The van der Waals surface area contributed by atoms with Gasteiger partial charge in [-0.2, -0.15) is 0 Å². The number of aliphatic hydroxyl groups is 1. The minimum atomic E-state index is -0.433. The first-order chi connectivity index (χ1) is 10.8. The Hall–Kier alpha value is -1.06. The molecule has 0 unspecified atom stereocenters. The van der Waals surface area contributed by atoms with Crippen LogP contribution in [0, 0.1) is 18.8 Å². The van der Waals surface area contributed by atoms with Crippen LogP contribution in [0.1, 0.15) is 51.2 Å². The van der Waals surface area contributed by atoms with Crippen molar-refractivity contribution in [3.8, 4) is 5.75 Å². The Balaban J connectivity index is 1.82. The van der Waals surface area contributed by atoms with E-state index in [1.165, 1.54) is 17.5 Å². The second-order valence-corrected chi connectivity index (χ2v) is 7.80. The van der Waals surface area contributed by atoms with E-state index in [0.717, 1.165) is 30.7 Å². The maximum Gasteiger partial charge on any atom is 0.119 e. The molecule has 0 bridgehead atoms. The average molecular weight is 319 g/mol. The molecule has 0 amide bonds. The number of piperidine rings is 1. The zero-order chi connectivity index (χ0) is 17.0. The molecule has 3 heteroatoms. The Labute approximate surface area is 141 Å². The van der Waals surface area contributed by atoms with Crippen molar-refractivity contribution in [3.05, 3.63) is 29.3 Å². The number of benzene rings is 1. The van der Waals surface area contributed by atoms with Gasteiger partial charge in [0.25, 0.3) is 0 Å². The molecular weight excluding hydrogens is 286 g/mol. The number of likely N-dealkylation sites (tertiary alicyclic amines) is 1. The molecular formula is C20H33NO2. The third kappa shape index (κ3) is 5.50. The molecule has 0 aromatic heterocycles. The van der Waals surface area contributed by atoms with Crippen molar-refractivity contribution in [2.45, 2.75) is 53.1 Å². The summed E-state index contributed by atoms with van der Waals surface area (Å²) in [5, 5.41) is 10.3. The van der Waals surface area contributed by atoms with E-state index in [1.807, 2.05) is 6.07 Å². The fourth-order valence-electron chi connectivity index (χ4n) is 3.87. The van der Waals surface area contributed by atoms with Gasteiger partial charge in [-0.15, -0.1) is 0 Å². The summed E-state index contributed by atoms with van der Waals surface area (Å²) in [7, 11) is 0. The summed E-state index contributed by atoms with van der Waals surface area (Å²) in [4.78, 5) is 2.37. The second-order valence-electron chi connectivity index (χ2n) is 7.80. The van der Waals surface area contributed by atoms with Crippen molar-refractivity contribution in [2.24, 2.45) is 11.8 Å². The van der Waals surface area contributed by atoms with E-state index in [2.05, 4.69) is 51.7 Å². The molecule has 1 aromatic rings. The lowest BCUT2D eigenvalue weighted by Crippen LogP contribution is -2.44. The number of aryl methyl sites for hydroxylation is 1. The largest absolute Gasteiger partial charge is 0.491 e. The van der Waals surface area contributed by atoms with Crippen LogP contribution in [-0.2, 0) is 0 Å². The number of hydrogen-bond donors (Lipinski definition) is 1. The average Bonchev–Trinajstić information content (AvgIpc) is 2.43. The van der Waals surface area contributed by atoms with Gasteiger partial charge in [-0.3, -0.25) is 0 Å². The molecule has 1 heterocycles. The zero-order valence-electron chi connectivity index (χ0n) is 15.4. The number of hydrogen-bond acceptors (Lipinski definition) is 3. The molecule has 1 aromatic carbocycles. The van der Waals surface area contributed by atoms with Crippen LogP contribution < -0.4 is 4.74 Å². The maximum absolute atomic E-state index is 10.3. The highest BCUT2D eigenvalue weighted by Gasteiger charge is 2.23. The number of aliphatic hydroxyl groups excluding tert-OH is 1. The monoisotopic (exact) mass is 319 g/mol. The van der Waals surface area contributed by atoms with Crippen LogP contribution >= 0.6 is 0 Å². The third-order valence-corrected chi connectivity index (χ3v) is 4.72. The van der Waals surface area contributed by atoms with Crippen molar-refractivity contribution in [3.63, 3.8) is 0 Å². The first-order valence-corrected chi connectivity index (χ1v) is 8.99. The molecule has 2 rings (SSSR count). The SMILES string of the molecule is Cc1cc(OC[C@H](O)CN2C[C@H](C)C[C@H](C)C2)ccc1C(C)C. The van der Waals surface area contributed by atoms with Gasteiger partial charge in [0.15, 0.2) is 0 Å². The second kappa shape index (κ2) is 8.16. The molecule has 1 aliphatic rings. The zero-order valence-corrected chi connectivity index (χ0v) is 15.4. The van der Waals surface area contributed by atoms with Gasteiger partial charge in [-0.25, -0.2) is 0 Å². The molecule has 3 atom stereocenters. The number of nitrogens with zero attached hydrogens (tertiary/aromatic N) is 1. The van der Waals surface area contributed by atoms with Gasteiger partial charge in [0.2, 0.25) is 0 Å². The maximum atomic E-state index is 10.3. The van der Waals surface area contributed by atoms with Crippen molar-refractivity contribution in [1.29, 1.82) is 0 Å². The Kier molecular flexibility index (Phi) is 6.49. The highest BCUT2D eigenvalue weighted by Crippen LogP contribution is 2.24. The third-order valence-electron chi connectivity index (χ3n) is 4.72.